The number of benzene rings is 2. The highest BCUT2D eigenvalue weighted by molar-refractivity contribution is 7.90. The van der Waals surface area contributed by atoms with Gasteiger partial charge >= 0.3 is 0 Å². The number of nitrogens with zero attached hydrogens (tertiary/aromatic N) is 3. The predicted molar refractivity (Wildman–Crippen MR) is 195 cm³/mol. The molecule has 6 atom stereocenters. The summed E-state index contributed by atoms with van der Waals surface area (Å²) in [4.78, 5) is 18.3. The van der Waals surface area contributed by atoms with E-state index in [0.29, 0.717) is 50.9 Å². The standard InChI is InChI=1S/C39H49ClN4O5S/c1-26-7-5-16-39(48-4,24-43-21-37(3,20-41)22-43)33-12-9-30(33)19-44-23-38(15-6-8-28-17-31(40)11-13-32(28)38)25-49-35-14-10-29(18-34(35)44)36(45)42-50(46,47)27(26)2/h5,10-11,13-14,16-18,26-27,30,33H,6-9,12,15,19,21-25H2,1-4H3,(H,42,45)/b16-5-/t26-,27+,30-,33+,38-,39-/m0/s1. The number of nitriles is 1. The number of likely N-dealkylation sites (tertiary alicyclic amines) is 1. The van der Waals surface area contributed by atoms with Crippen LogP contribution in [-0.2, 0) is 26.6 Å². The van der Waals surface area contributed by atoms with Gasteiger partial charge in [-0.25, -0.2) is 13.1 Å². The molecular formula is C39H49ClN4O5S. The number of ether oxygens (including phenoxy) is 2. The van der Waals surface area contributed by atoms with E-state index in [1.54, 1.807) is 20.1 Å². The number of amides is 1. The van der Waals surface area contributed by atoms with Crippen molar-refractivity contribution in [3.63, 3.8) is 0 Å². The first-order valence-corrected chi connectivity index (χ1v) is 19.9. The molecule has 2 aliphatic carbocycles. The van der Waals surface area contributed by atoms with Crippen LogP contribution < -0.4 is 14.4 Å². The molecule has 1 spiro atoms. The molecule has 1 N–H and O–H groups in total. The predicted octanol–water partition coefficient (Wildman–Crippen LogP) is 6.11. The summed E-state index contributed by atoms with van der Waals surface area (Å²) < 4.78 is 42.6. The number of carbonyl (C=O) groups excluding carboxylic acids is 1. The number of allylic oxidation sites excluding steroid dienone is 1. The number of hydrogen-bond donors (Lipinski definition) is 1. The van der Waals surface area contributed by atoms with E-state index in [1.807, 2.05) is 32.0 Å². The number of methoxy groups -OCH3 is 1. The van der Waals surface area contributed by atoms with Crippen LogP contribution in [0.3, 0.4) is 0 Å². The largest absolute Gasteiger partial charge is 0.490 e. The molecule has 3 aliphatic heterocycles. The van der Waals surface area contributed by atoms with Crippen LogP contribution >= 0.6 is 11.6 Å². The molecule has 2 fully saturated rings. The number of nitrogens with one attached hydrogen (secondary N) is 1. The highest BCUT2D eigenvalue weighted by Gasteiger charge is 2.52. The normalized spacial score (nSPS) is 34.0. The molecule has 2 aromatic carbocycles. The maximum Gasteiger partial charge on any atom is 0.264 e. The molecule has 5 aliphatic rings. The monoisotopic (exact) mass is 720 g/mol. The van der Waals surface area contributed by atoms with E-state index in [4.69, 9.17) is 21.1 Å². The Hall–Kier alpha value is -3.10. The van der Waals surface area contributed by atoms with Crippen LogP contribution in [0.15, 0.2) is 48.6 Å². The minimum atomic E-state index is -3.97. The molecule has 2 bridgehead atoms. The molecule has 1 amide bonds. The van der Waals surface area contributed by atoms with Gasteiger partial charge in [0.05, 0.1) is 29.0 Å². The van der Waals surface area contributed by atoms with E-state index in [-0.39, 0.29) is 28.2 Å². The minimum absolute atomic E-state index is 0.203. The first-order valence-electron chi connectivity index (χ1n) is 18.0. The van der Waals surface area contributed by atoms with Crippen LogP contribution in [0.4, 0.5) is 5.69 Å². The molecule has 9 nitrogen and oxygen atoms in total. The van der Waals surface area contributed by atoms with E-state index in [2.05, 4.69) is 44.9 Å². The number of hydrogen-bond acceptors (Lipinski definition) is 8. The Labute approximate surface area is 302 Å². The summed E-state index contributed by atoms with van der Waals surface area (Å²) in [6.07, 6.45) is 9.75. The van der Waals surface area contributed by atoms with Crippen LogP contribution in [-0.4, -0.2) is 76.5 Å². The second-order valence-corrected chi connectivity index (χ2v) is 18.5. The molecule has 1 saturated carbocycles. The fourth-order valence-corrected chi connectivity index (χ4v) is 10.8. The average molecular weight is 721 g/mol. The summed E-state index contributed by atoms with van der Waals surface area (Å²) in [6.45, 7) is 9.54. The van der Waals surface area contributed by atoms with Crippen LogP contribution in [0.5, 0.6) is 5.75 Å². The molecular weight excluding hydrogens is 672 g/mol. The van der Waals surface area contributed by atoms with Crippen LogP contribution in [0.2, 0.25) is 5.02 Å². The molecule has 0 aromatic heterocycles. The lowest BCUT2D eigenvalue weighted by Crippen LogP contribution is -2.62. The molecule has 0 unspecified atom stereocenters. The lowest BCUT2D eigenvalue weighted by molar-refractivity contribution is -0.110. The van der Waals surface area contributed by atoms with Crippen molar-refractivity contribution < 1.29 is 22.7 Å². The second-order valence-electron chi connectivity index (χ2n) is 16.0. The van der Waals surface area contributed by atoms with Gasteiger partial charge < -0.3 is 14.4 Å². The van der Waals surface area contributed by atoms with Gasteiger partial charge in [0, 0.05) is 55.8 Å². The lowest BCUT2D eigenvalue weighted by atomic mass is 9.63. The third-order valence-corrected chi connectivity index (χ3v) is 14.6. The number of rotatable bonds is 3. The fraction of sp³-hybridized carbons (Fsp3) is 0.590. The Morgan fingerprint density at radius 2 is 1.94 bits per heavy atom. The Balaban J connectivity index is 1.31. The average Bonchev–Trinajstić information content (AvgIpc) is 3.21. The number of halogens is 1. The zero-order valence-corrected chi connectivity index (χ0v) is 31.2. The van der Waals surface area contributed by atoms with E-state index < -0.39 is 26.8 Å². The van der Waals surface area contributed by atoms with E-state index in [9.17, 15) is 18.5 Å². The number of carbonyl (C=O) groups is 1. The highest BCUT2D eigenvalue weighted by Crippen LogP contribution is 2.50. The van der Waals surface area contributed by atoms with Gasteiger partial charge in [-0.15, -0.1) is 0 Å². The number of fused-ring (bicyclic) bond motifs is 4. The summed E-state index contributed by atoms with van der Waals surface area (Å²) in [7, 11) is -2.18. The van der Waals surface area contributed by atoms with Crippen molar-refractivity contribution in [1.82, 2.24) is 9.62 Å². The maximum absolute atomic E-state index is 13.6. The zero-order chi connectivity index (χ0) is 35.5. The molecule has 0 radical (unpaired) electrons. The third kappa shape index (κ3) is 6.33. The molecule has 50 heavy (non-hydrogen) atoms. The smallest absolute Gasteiger partial charge is 0.264 e. The molecule has 7 rings (SSSR count). The molecule has 1 saturated heterocycles. The highest BCUT2D eigenvalue weighted by atomic mass is 35.5. The molecule has 3 heterocycles. The zero-order valence-electron chi connectivity index (χ0n) is 29.6. The van der Waals surface area contributed by atoms with E-state index in [0.717, 1.165) is 49.4 Å². The molecule has 11 heteroatoms. The molecule has 268 valence electrons. The summed E-state index contributed by atoms with van der Waals surface area (Å²) in [6, 6.07) is 14.0. The second kappa shape index (κ2) is 13.1. The number of anilines is 1. The van der Waals surface area contributed by atoms with Gasteiger partial charge in [0.25, 0.3) is 5.91 Å². The topological polar surface area (TPSA) is 112 Å². The summed E-state index contributed by atoms with van der Waals surface area (Å²) in [5, 5.41) is 9.67. The van der Waals surface area contributed by atoms with Crippen molar-refractivity contribution in [2.45, 2.75) is 75.6 Å². The van der Waals surface area contributed by atoms with Crippen LogP contribution in [0.1, 0.15) is 74.4 Å². The number of sulfonamides is 1. The van der Waals surface area contributed by atoms with Gasteiger partial charge in [0.2, 0.25) is 10.0 Å². The Bertz CT molecular complexity index is 1840. The maximum atomic E-state index is 13.6. The Kier molecular flexibility index (Phi) is 9.28. The quantitative estimate of drug-likeness (QED) is 0.378. The van der Waals surface area contributed by atoms with Crippen molar-refractivity contribution in [1.29, 1.82) is 5.26 Å². The van der Waals surface area contributed by atoms with Gasteiger partial charge in [-0.3, -0.25) is 9.69 Å². The lowest BCUT2D eigenvalue weighted by Gasteiger charge is -2.54. The first-order chi connectivity index (χ1) is 23.8. The minimum Gasteiger partial charge on any atom is -0.490 e. The Morgan fingerprint density at radius 3 is 2.66 bits per heavy atom. The Morgan fingerprint density at radius 1 is 1.14 bits per heavy atom. The summed E-state index contributed by atoms with van der Waals surface area (Å²) in [5.74, 6) is 0.305. The van der Waals surface area contributed by atoms with Crippen molar-refractivity contribution >= 4 is 33.2 Å². The fourth-order valence-electron chi connectivity index (χ4n) is 9.28. The van der Waals surface area contributed by atoms with Gasteiger partial charge in [-0.1, -0.05) is 36.7 Å². The summed E-state index contributed by atoms with van der Waals surface area (Å²) >= 11 is 6.47. The van der Waals surface area contributed by atoms with E-state index in [1.165, 1.54) is 11.1 Å². The van der Waals surface area contributed by atoms with Gasteiger partial charge in [0.1, 0.15) is 11.4 Å². The SMILES string of the molecule is CO[C@]1(CN2CC(C)(C#N)C2)/C=C\C[C@H](C)[C@@H](C)S(=O)(=O)NC(=O)c2ccc3c(c2)N(C[C@@H]2CC[C@H]21)C[C@@]1(CCCc2cc(Cl)ccc21)CO3. The van der Waals surface area contributed by atoms with Crippen molar-refractivity contribution in [2.75, 3.05) is 51.3 Å². The van der Waals surface area contributed by atoms with Crippen LogP contribution in [0, 0.1) is 34.5 Å². The van der Waals surface area contributed by atoms with Crippen molar-refractivity contribution in [3.8, 4) is 11.8 Å². The van der Waals surface area contributed by atoms with Crippen LogP contribution in [0.25, 0.3) is 0 Å². The van der Waals surface area contributed by atoms with Gasteiger partial charge in [-0.05, 0) is 112 Å². The van der Waals surface area contributed by atoms with Gasteiger partial charge in [0.15, 0.2) is 0 Å². The summed E-state index contributed by atoms with van der Waals surface area (Å²) in [5.41, 5.74) is 2.36. The molecule has 2 aromatic rings. The van der Waals surface area contributed by atoms with E-state index >= 15 is 0 Å². The third-order valence-electron chi connectivity index (χ3n) is 12.5. The first kappa shape index (κ1) is 35.3. The van der Waals surface area contributed by atoms with Crippen molar-refractivity contribution in [3.05, 3.63) is 70.3 Å². The van der Waals surface area contributed by atoms with Gasteiger partial charge in [-0.2, -0.15) is 5.26 Å². The number of aryl methyl sites for hydroxylation is 1. The van der Waals surface area contributed by atoms with Crippen molar-refractivity contribution in [2.24, 2.45) is 23.2 Å².